The van der Waals surface area contributed by atoms with Gasteiger partial charge in [-0.1, -0.05) is 19.3 Å². The second-order valence-electron chi connectivity index (χ2n) is 3.77. The molecule has 1 aliphatic rings. The standard InChI is InChI=1S/C10H13NO3/c12-9-8(6-14-10(13)11-9)7-4-2-1-3-5-7/h6-7H,1-5H2,(H,11,12,13). The van der Waals surface area contributed by atoms with Gasteiger partial charge in [-0.05, 0) is 18.8 Å². The zero-order chi connectivity index (χ0) is 9.97. The van der Waals surface area contributed by atoms with Crippen LogP contribution < -0.4 is 11.3 Å². The number of rotatable bonds is 1. The van der Waals surface area contributed by atoms with E-state index >= 15 is 0 Å². The molecule has 1 saturated carbocycles. The minimum atomic E-state index is -0.672. The Labute approximate surface area is 81.0 Å². The molecular weight excluding hydrogens is 182 g/mol. The molecule has 76 valence electrons. The van der Waals surface area contributed by atoms with Gasteiger partial charge in [-0.3, -0.25) is 9.78 Å². The Bertz CT molecular complexity index is 412. The van der Waals surface area contributed by atoms with Crippen LogP contribution in [0.5, 0.6) is 0 Å². The SMILES string of the molecule is O=c1[nH]c(=O)c(C2CCCCC2)co1. The molecule has 4 heteroatoms. The molecule has 1 heterocycles. The molecule has 1 aliphatic carbocycles. The third kappa shape index (κ3) is 1.78. The van der Waals surface area contributed by atoms with Crippen molar-refractivity contribution >= 4 is 0 Å². The highest BCUT2D eigenvalue weighted by Crippen LogP contribution is 2.30. The van der Waals surface area contributed by atoms with Gasteiger partial charge in [-0.2, -0.15) is 0 Å². The molecule has 1 fully saturated rings. The fourth-order valence-corrected chi connectivity index (χ4v) is 2.06. The molecule has 0 unspecified atom stereocenters. The summed E-state index contributed by atoms with van der Waals surface area (Å²) in [6.45, 7) is 0. The molecule has 0 aliphatic heterocycles. The molecule has 1 N–H and O–H groups in total. The summed E-state index contributed by atoms with van der Waals surface area (Å²) in [4.78, 5) is 24.3. The largest absolute Gasteiger partial charge is 0.419 e. The first-order valence-electron chi connectivity index (χ1n) is 4.99. The van der Waals surface area contributed by atoms with Crippen LogP contribution in [0.15, 0.2) is 20.3 Å². The molecular formula is C10H13NO3. The normalized spacial score (nSPS) is 18.3. The van der Waals surface area contributed by atoms with Crippen molar-refractivity contribution in [3.63, 3.8) is 0 Å². The molecule has 0 bridgehead atoms. The van der Waals surface area contributed by atoms with Crippen molar-refractivity contribution in [1.82, 2.24) is 4.98 Å². The van der Waals surface area contributed by atoms with E-state index in [1.807, 2.05) is 0 Å². The van der Waals surface area contributed by atoms with Crippen molar-refractivity contribution in [3.8, 4) is 0 Å². The van der Waals surface area contributed by atoms with E-state index in [-0.39, 0.29) is 11.5 Å². The summed E-state index contributed by atoms with van der Waals surface area (Å²) in [5, 5.41) is 0. The van der Waals surface area contributed by atoms with Crippen LogP contribution in [0.2, 0.25) is 0 Å². The lowest BCUT2D eigenvalue weighted by molar-refractivity contribution is 0.412. The first-order valence-corrected chi connectivity index (χ1v) is 4.99. The summed E-state index contributed by atoms with van der Waals surface area (Å²) in [6.07, 6.45) is 6.92. The second-order valence-corrected chi connectivity index (χ2v) is 3.77. The quantitative estimate of drug-likeness (QED) is 0.736. The smallest absolute Gasteiger partial charge is 0.417 e. The van der Waals surface area contributed by atoms with Gasteiger partial charge in [0, 0.05) is 0 Å². The molecule has 2 rings (SSSR count). The average Bonchev–Trinajstić information content (AvgIpc) is 2.19. The number of hydrogen-bond donors (Lipinski definition) is 1. The Kier molecular flexibility index (Phi) is 2.52. The molecule has 0 atom stereocenters. The Hall–Kier alpha value is -1.32. The van der Waals surface area contributed by atoms with Gasteiger partial charge < -0.3 is 4.42 Å². The average molecular weight is 195 g/mol. The van der Waals surface area contributed by atoms with Crippen LogP contribution >= 0.6 is 0 Å². The summed E-state index contributed by atoms with van der Waals surface area (Å²) >= 11 is 0. The molecule has 1 aromatic heterocycles. The highest BCUT2D eigenvalue weighted by molar-refractivity contribution is 5.09. The second kappa shape index (κ2) is 3.82. The summed E-state index contributed by atoms with van der Waals surface area (Å²) < 4.78 is 4.68. The zero-order valence-corrected chi connectivity index (χ0v) is 7.91. The van der Waals surface area contributed by atoms with Crippen molar-refractivity contribution in [2.24, 2.45) is 0 Å². The van der Waals surface area contributed by atoms with Crippen molar-refractivity contribution in [3.05, 3.63) is 32.7 Å². The Balaban J connectivity index is 2.31. The van der Waals surface area contributed by atoms with E-state index in [0.29, 0.717) is 5.56 Å². The van der Waals surface area contributed by atoms with Crippen molar-refractivity contribution < 1.29 is 4.42 Å². The summed E-state index contributed by atoms with van der Waals surface area (Å²) in [6, 6.07) is 0. The number of H-pyrrole nitrogens is 1. The lowest BCUT2D eigenvalue weighted by Crippen LogP contribution is -2.24. The topological polar surface area (TPSA) is 63.1 Å². The first-order chi connectivity index (χ1) is 6.77. The van der Waals surface area contributed by atoms with E-state index in [9.17, 15) is 9.59 Å². The third-order valence-electron chi connectivity index (χ3n) is 2.82. The minimum Gasteiger partial charge on any atom is -0.417 e. The van der Waals surface area contributed by atoms with Crippen LogP contribution in [0.4, 0.5) is 0 Å². The predicted molar refractivity (Wildman–Crippen MR) is 51.4 cm³/mol. The zero-order valence-electron chi connectivity index (χ0n) is 7.91. The van der Waals surface area contributed by atoms with Crippen LogP contribution in [0.25, 0.3) is 0 Å². The fourth-order valence-electron chi connectivity index (χ4n) is 2.06. The lowest BCUT2D eigenvalue weighted by atomic mass is 9.85. The van der Waals surface area contributed by atoms with Crippen molar-refractivity contribution in [2.75, 3.05) is 0 Å². The molecule has 1 aromatic rings. The maximum absolute atomic E-state index is 11.4. The van der Waals surface area contributed by atoms with E-state index in [1.54, 1.807) is 0 Å². The van der Waals surface area contributed by atoms with Crippen LogP contribution in [0.1, 0.15) is 43.6 Å². The van der Waals surface area contributed by atoms with E-state index in [4.69, 9.17) is 0 Å². The highest BCUT2D eigenvalue weighted by Gasteiger charge is 2.18. The van der Waals surface area contributed by atoms with Gasteiger partial charge in [0.25, 0.3) is 5.56 Å². The minimum absolute atomic E-state index is 0.275. The van der Waals surface area contributed by atoms with E-state index < -0.39 is 5.76 Å². The van der Waals surface area contributed by atoms with E-state index in [0.717, 1.165) is 25.7 Å². The molecule has 0 amide bonds. The monoisotopic (exact) mass is 195 g/mol. The van der Waals surface area contributed by atoms with Gasteiger partial charge in [0.05, 0.1) is 5.56 Å². The van der Waals surface area contributed by atoms with Crippen molar-refractivity contribution in [2.45, 2.75) is 38.0 Å². The van der Waals surface area contributed by atoms with E-state index in [2.05, 4.69) is 9.40 Å². The Morgan fingerprint density at radius 3 is 2.57 bits per heavy atom. The molecule has 0 radical (unpaired) electrons. The lowest BCUT2D eigenvalue weighted by Gasteiger charge is -2.19. The maximum Gasteiger partial charge on any atom is 0.419 e. The fraction of sp³-hybridized carbons (Fsp3) is 0.600. The van der Waals surface area contributed by atoms with Crippen LogP contribution in [0, 0.1) is 0 Å². The number of hydrogen-bond acceptors (Lipinski definition) is 3. The summed E-state index contributed by atoms with van der Waals surface area (Å²) in [5.74, 6) is -0.397. The summed E-state index contributed by atoms with van der Waals surface area (Å²) in [7, 11) is 0. The van der Waals surface area contributed by atoms with Gasteiger partial charge in [0.15, 0.2) is 0 Å². The first kappa shape index (κ1) is 9.24. The number of nitrogens with one attached hydrogen (secondary N) is 1. The number of aromatic amines is 1. The highest BCUT2D eigenvalue weighted by atomic mass is 16.4. The van der Waals surface area contributed by atoms with Gasteiger partial charge >= 0.3 is 5.76 Å². The third-order valence-corrected chi connectivity index (χ3v) is 2.82. The molecule has 0 aromatic carbocycles. The predicted octanol–water partition coefficient (Wildman–Crippen LogP) is 1.38. The Morgan fingerprint density at radius 1 is 1.21 bits per heavy atom. The van der Waals surface area contributed by atoms with Crippen LogP contribution in [0.3, 0.4) is 0 Å². The molecule has 4 nitrogen and oxygen atoms in total. The molecule has 0 spiro atoms. The van der Waals surface area contributed by atoms with Gasteiger partial charge in [-0.15, -0.1) is 0 Å². The molecule has 0 saturated heterocycles. The number of aromatic nitrogens is 1. The van der Waals surface area contributed by atoms with Gasteiger partial charge in [-0.25, -0.2) is 4.79 Å². The Morgan fingerprint density at radius 2 is 1.93 bits per heavy atom. The van der Waals surface area contributed by atoms with Gasteiger partial charge in [0.2, 0.25) is 0 Å². The van der Waals surface area contributed by atoms with E-state index in [1.165, 1.54) is 12.7 Å². The van der Waals surface area contributed by atoms with Gasteiger partial charge in [0.1, 0.15) is 6.26 Å². The summed E-state index contributed by atoms with van der Waals surface area (Å²) in [5.41, 5.74) is 0.345. The van der Waals surface area contributed by atoms with Crippen molar-refractivity contribution in [1.29, 1.82) is 0 Å². The van der Waals surface area contributed by atoms with Crippen LogP contribution in [-0.4, -0.2) is 4.98 Å². The molecule has 14 heavy (non-hydrogen) atoms. The van der Waals surface area contributed by atoms with Crippen LogP contribution in [-0.2, 0) is 0 Å². The maximum atomic E-state index is 11.4.